The quantitative estimate of drug-likeness (QED) is 0.811. The Morgan fingerprint density at radius 2 is 2.10 bits per heavy atom. The minimum absolute atomic E-state index is 0.441. The number of ether oxygens (including phenoxy) is 1. The summed E-state index contributed by atoms with van der Waals surface area (Å²) in [6, 6.07) is 0.441. The van der Waals surface area contributed by atoms with E-state index in [9.17, 15) is 0 Å². The zero-order valence-corrected chi connectivity index (χ0v) is 12.7. The molecule has 1 aromatic rings. The predicted molar refractivity (Wildman–Crippen MR) is 80.5 cm³/mol. The van der Waals surface area contributed by atoms with E-state index in [-0.39, 0.29) is 0 Å². The molecule has 4 heteroatoms. The zero-order valence-electron chi connectivity index (χ0n) is 12.7. The SMILES string of the molecule is CC(C)NCc1cncc(OCC2CC=CCC2C)n1. The summed E-state index contributed by atoms with van der Waals surface area (Å²) in [5.74, 6) is 1.90. The van der Waals surface area contributed by atoms with Crippen LogP contribution in [-0.4, -0.2) is 22.6 Å². The fourth-order valence-corrected chi connectivity index (χ4v) is 2.28. The summed E-state index contributed by atoms with van der Waals surface area (Å²) in [6.07, 6.45) is 10.2. The van der Waals surface area contributed by atoms with Gasteiger partial charge in [0.15, 0.2) is 0 Å². The maximum Gasteiger partial charge on any atom is 0.232 e. The Balaban J connectivity index is 1.86. The molecule has 0 saturated heterocycles. The molecule has 0 fully saturated rings. The van der Waals surface area contributed by atoms with Crippen LogP contribution < -0.4 is 10.1 Å². The van der Waals surface area contributed by atoms with Crippen molar-refractivity contribution in [1.82, 2.24) is 15.3 Å². The third-order valence-corrected chi connectivity index (χ3v) is 3.72. The number of hydrogen-bond donors (Lipinski definition) is 1. The van der Waals surface area contributed by atoms with Gasteiger partial charge in [-0.2, -0.15) is 0 Å². The van der Waals surface area contributed by atoms with Crippen LogP contribution in [0.3, 0.4) is 0 Å². The molecule has 1 aliphatic rings. The highest BCUT2D eigenvalue weighted by Gasteiger charge is 2.19. The van der Waals surface area contributed by atoms with Crippen LogP contribution in [0.4, 0.5) is 0 Å². The molecule has 2 rings (SSSR count). The normalized spacial score (nSPS) is 22.2. The number of nitrogens with one attached hydrogen (secondary N) is 1. The molecule has 4 nitrogen and oxygen atoms in total. The summed E-state index contributed by atoms with van der Waals surface area (Å²) in [4.78, 5) is 8.69. The average Bonchev–Trinajstić information content (AvgIpc) is 2.45. The van der Waals surface area contributed by atoms with Crippen molar-refractivity contribution in [3.8, 4) is 5.88 Å². The lowest BCUT2D eigenvalue weighted by Gasteiger charge is -2.24. The van der Waals surface area contributed by atoms with Crippen LogP contribution in [0.2, 0.25) is 0 Å². The van der Waals surface area contributed by atoms with E-state index in [1.165, 1.54) is 0 Å². The number of aromatic nitrogens is 2. The number of rotatable bonds is 6. The maximum atomic E-state index is 5.83. The first-order valence-corrected chi connectivity index (χ1v) is 7.47. The van der Waals surface area contributed by atoms with Crippen molar-refractivity contribution in [2.24, 2.45) is 11.8 Å². The standard InChI is InChI=1S/C16H25N3O/c1-12(2)18-9-15-8-17-10-16(19-15)20-11-14-7-5-4-6-13(14)3/h4-5,8,10,12-14,18H,6-7,9,11H2,1-3H3. The zero-order chi connectivity index (χ0) is 14.4. The Bertz CT molecular complexity index is 445. The average molecular weight is 275 g/mol. The first-order valence-electron chi connectivity index (χ1n) is 7.47. The Morgan fingerprint density at radius 3 is 2.85 bits per heavy atom. The molecule has 0 spiro atoms. The summed E-state index contributed by atoms with van der Waals surface area (Å²) in [6.45, 7) is 7.97. The molecule has 1 aromatic heterocycles. The van der Waals surface area contributed by atoms with E-state index in [4.69, 9.17) is 4.74 Å². The third-order valence-electron chi connectivity index (χ3n) is 3.72. The van der Waals surface area contributed by atoms with E-state index in [1.807, 2.05) is 0 Å². The largest absolute Gasteiger partial charge is 0.476 e. The second-order valence-corrected chi connectivity index (χ2v) is 5.88. The van der Waals surface area contributed by atoms with Gasteiger partial charge in [0.1, 0.15) is 0 Å². The van der Waals surface area contributed by atoms with Gasteiger partial charge < -0.3 is 10.1 Å². The first-order chi connectivity index (χ1) is 9.65. The van der Waals surface area contributed by atoms with E-state index in [2.05, 4.69) is 48.2 Å². The van der Waals surface area contributed by atoms with Gasteiger partial charge in [-0.25, -0.2) is 4.98 Å². The highest BCUT2D eigenvalue weighted by molar-refractivity contribution is 5.08. The maximum absolute atomic E-state index is 5.83. The lowest BCUT2D eigenvalue weighted by Crippen LogP contribution is -2.23. The van der Waals surface area contributed by atoms with Crippen molar-refractivity contribution in [1.29, 1.82) is 0 Å². The summed E-state index contributed by atoms with van der Waals surface area (Å²) >= 11 is 0. The molecule has 1 heterocycles. The fourth-order valence-electron chi connectivity index (χ4n) is 2.28. The summed E-state index contributed by atoms with van der Waals surface area (Å²) in [7, 11) is 0. The molecule has 0 radical (unpaired) electrons. The van der Waals surface area contributed by atoms with Crippen molar-refractivity contribution in [3.05, 3.63) is 30.2 Å². The smallest absolute Gasteiger partial charge is 0.232 e. The topological polar surface area (TPSA) is 47.0 Å². The van der Waals surface area contributed by atoms with E-state index < -0.39 is 0 Å². The van der Waals surface area contributed by atoms with Crippen LogP contribution in [0.15, 0.2) is 24.5 Å². The van der Waals surface area contributed by atoms with Gasteiger partial charge in [-0.05, 0) is 24.7 Å². The number of allylic oxidation sites excluding steroid dienone is 2. The first kappa shape index (κ1) is 15.0. The third kappa shape index (κ3) is 4.60. The summed E-state index contributed by atoms with van der Waals surface area (Å²) in [5.41, 5.74) is 0.924. The molecule has 1 aliphatic carbocycles. The Labute approximate surface area is 121 Å². The fraction of sp³-hybridized carbons (Fsp3) is 0.625. The van der Waals surface area contributed by atoms with Crippen molar-refractivity contribution in [2.45, 2.75) is 46.2 Å². The van der Waals surface area contributed by atoms with Gasteiger partial charge in [0.2, 0.25) is 5.88 Å². The molecule has 0 amide bonds. The molecule has 110 valence electrons. The van der Waals surface area contributed by atoms with E-state index in [0.29, 0.717) is 23.8 Å². The van der Waals surface area contributed by atoms with Gasteiger partial charge in [-0.1, -0.05) is 32.9 Å². The lowest BCUT2D eigenvalue weighted by molar-refractivity contribution is 0.191. The van der Waals surface area contributed by atoms with Crippen LogP contribution >= 0.6 is 0 Å². The van der Waals surface area contributed by atoms with Crippen LogP contribution in [0.1, 0.15) is 39.3 Å². The Kier molecular flexibility index (Phi) is 5.53. The van der Waals surface area contributed by atoms with E-state index in [1.54, 1.807) is 12.4 Å². The highest BCUT2D eigenvalue weighted by atomic mass is 16.5. The van der Waals surface area contributed by atoms with Crippen molar-refractivity contribution in [3.63, 3.8) is 0 Å². The molecule has 0 bridgehead atoms. The molecular formula is C16H25N3O. The second kappa shape index (κ2) is 7.39. The highest BCUT2D eigenvalue weighted by Crippen LogP contribution is 2.25. The van der Waals surface area contributed by atoms with E-state index in [0.717, 1.165) is 31.7 Å². The van der Waals surface area contributed by atoms with Crippen LogP contribution in [0.5, 0.6) is 5.88 Å². The van der Waals surface area contributed by atoms with Crippen LogP contribution in [0, 0.1) is 11.8 Å². The Hall–Kier alpha value is -1.42. The van der Waals surface area contributed by atoms with Crippen LogP contribution in [-0.2, 0) is 6.54 Å². The summed E-state index contributed by atoms with van der Waals surface area (Å²) in [5, 5.41) is 3.33. The van der Waals surface area contributed by atoms with Crippen molar-refractivity contribution < 1.29 is 4.74 Å². The van der Waals surface area contributed by atoms with Gasteiger partial charge in [0.25, 0.3) is 0 Å². The number of hydrogen-bond acceptors (Lipinski definition) is 4. The van der Waals surface area contributed by atoms with Gasteiger partial charge >= 0.3 is 0 Å². The molecular weight excluding hydrogens is 250 g/mol. The minimum Gasteiger partial charge on any atom is -0.476 e. The monoisotopic (exact) mass is 275 g/mol. The molecule has 2 unspecified atom stereocenters. The van der Waals surface area contributed by atoms with Crippen LogP contribution in [0.25, 0.3) is 0 Å². The second-order valence-electron chi connectivity index (χ2n) is 5.88. The Morgan fingerprint density at radius 1 is 1.30 bits per heavy atom. The van der Waals surface area contributed by atoms with Gasteiger partial charge in [-0.15, -0.1) is 0 Å². The van der Waals surface area contributed by atoms with Gasteiger partial charge in [0, 0.05) is 18.8 Å². The minimum atomic E-state index is 0.441. The lowest BCUT2D eigenvalue weighted by atomic mass is 9.85. The van der Waals surface area contributed by atoms with Crippen molar-refractivity contribution in [2.75, 3.05) is 6.61 Å². The molecule has 0 aromatic carbocycles. The molecule has 2 atom stereocenters. The van der Waals surface area contributed by atoms with E-state index >= 15 is 0 Å². The van der Waals surface area contributed by atoms with Gasteiger partial charge in [0.05, 0.1) is 18.5 Å². The van der Waals surface area contributed by atoms with Gasteiger partial charge in [-0.3, -0.25) is 4.98 Å². The summed E-state index contributed by atoms with van der Waals surface area (Å²) < 4.78 is 5.83. The molecule has 1 N–H and O–H groups in total. The molecule has 0 saturated carbocycles. The number of nitrogens with zero attached hydrogens (tertiary/aromatic N) is 2. The molecule has 0 aliphatic heterocycles. The van der Waals surface area contributed by atoms with Crippen molar-refractivity contribution >= 4 is 0 Å². The predicted octanol–water partition coefficient (Wildman–Crippen LogP) is 2.96. The molecule has 20 heavy (non-hydrogen) atoms.